The standard InChI is InChI=1S/C19H25N3O2S/c1-2-4-16(5-3-1)12-17-14-21(6-11-24-17)15-18-13-20-19(25-18)22-7-9-23-10-8-22/h1-5,13,17H,6-12,14-15H2. The summed E-state index contributed by atoms with van der Waals surface area (Å²) in [6.07, 6.45) is 3.30. The monoisotopic (exact) mass is 359 g/mol. The minimum absolute atomic E-state index is 0.280. The van der Waals surface area contributed by atoms with Crippen molar-refractivity contribution in [1.29, 1.82) is 0 Å². The molecule has 2 aliphatic rings. The number of benzene rings is 1. The van der Waals surface area contributed by atoms with Crippen LogP contribution in [0, 0.1) is 0 Å². The van der Waals surface area contributed by atoms with Crippen molar-refractivity contribution in [3.05, 3.63) is 47.0 Å². The summed E-state index contributed by atoms with van der Waals surface area (Å²) < 4.78 is 11.4. The van der Waals surface area contributed by atoms with Crippen molar-refractivity contribution >= 4 is 16.5 Å². The third-order valence-corrected chi connectivity index (χ3v) is 5.77. The minimum atomic E-state index is 0.280. The summed E-state index contributed by atoms with van der Waals surface area (Å²) in [6, 6.07) is 10.6. The average Bonchev–Trinajstić information content (AvgIpc) is 3.12. The van der Waals surface area contributed by atoms with Crippen LogP contribution >= 0.6 is 11.3 Å². The number of rotatable bonds is 5. The van der Waals surface area contributed by atoms with Crippen molar-refractivity contribution in [1.82, 2.24) is 9.88 Å². The van der Waals surface area contributed by atoms with E-state index in [0.29, 0.717) is 0 Å². The van der Waals surface area contributed by atoms with Gasteiger partial charge in [0.15, 0.2) is 5.13 Å². The zero-order chi connectivity index (χ0) is 16.9. The first-order valence-electron chi connectivity index (χ1n) is 9.02. The fourth-order valence-corrected chi connectivity index (χ4v) is 4.42. The lowest BCUT2D eigenvalue weighted by molar-refractivity contribution is -0.0302. The van der Waals surface area contributed by atoms with E-state index in [9.17, 15) is 0 Å². The van der Waals surface area contributed by atoms with Gasteiger partial charge < -0.3 is 14.4 Å². The van der Waals surface area contributed by atoms with E-state index in [0.717, 1.165) is 64.1 Å². The molecule has 0 radical (unpaired) electrons. The number of ether oxygens (including phenoxy) is 2. The highest BCUT2D eigenvalue weighted by Gasteiger charge is 2.22. The fourth-order valence-electron chi connectivity index (χ4n) is 3.42. The molecule has 0 saturated carbocycles. The minimum Gasteiger partial charge on any atom is -0.378 e. The maximum absolute atomic E-state index is 5.97. The lowest BCUT2D eigenvalue weighted by Gasteiger charge is -2.32. The van der Waals surface area contributed by atoms with Crippen LogP contribution in [0.2, 0.25) is 0 Å². The Morgan fingerprint density at radius 3 is 2.76 bits per heavy atom. The van der Waals surface area contributed by atoms with E-state index in [4.69, 9.17) is 9.47 Å². The Hall–Kier alpha value is -1.47. The second kappa shape index (κ2) is 8.27. The molecule has 25 heavy (non-hydrogen) atoms. The first-order chi connectivity index (χ1) is 12.4. The number of morpholine rings is 2. The molecule has 134 valence electrons. The number of nitrogens with zero attached hydrogens (tertiary/aromatic N) is 3. The smallest absolute Gasteiger partial charge is 0.185 e. The number of thiazole rings is 1. The molecule has 0 aliphatic carbocycles. The van der Waals surface area contributed by atoms with Crippen LogP contribution in [0.5, 0.6) is 0 Å². The third kappa shape index (κ3) is 4.58. The van der Waals surface area contributed by atoms with Gasteiger partial charge in [-0.3, -0.25) is 4.90 Å². The van der Waals surface area contributed by atoms with Gasteiger partial charge >= 0.3 is 0 Å². The summed E-state index contributed by atoms with van der Waals surface area (Å²) in [5.41, 5.74) is 1.35. The van der Waals surface area contributed by atoms with Gasteiger partial charge in [-0.25, -0.2) is 4.98 Å². The molecule has 5 nitrogen and oxygen atoms in total. The molecule has 2 aromatic rings. The summed E-state index contributed by atoms with van der Waals surface area (Å²) in [5, 5.41) is 1.13. The molecular weight excluding hydrogens is 334 g/mol. The van der Waals surface area contributed by atoms with Gasteiger partial charge in [-0.2, -0.15) is 0 Å². The van der Waals surface area contributed by atoms with Gasteiger partial charge in [0.25, 0.3) is 0 Å². The van der Waals surface area contributed by atoms with E-state index in [1.165, 1.54) is 10.4 Å². The number of hydrogen-bond donors (Lipinski definition) is 0. The van der Waals surface area contributed by atoms with Gasteiger partial charge in [0.05, 0.1) is 25.9 Å². The van der Waals surface area contributed by atoms with E-state index in [1.807, 2.05) is 17.5 Å². The quantitative estimate of drug-likeness (QED) is 0.820. The molecule has 4 rings (SSSR count). The van der Waals surface area contributed by atoms with E-state index in [2.05, 4.69) is 45.1 Å². The summed E-state index contributed by atoms with van der Waals surface area (Å²) >= 11 is 1.82. The molecule has 2 saturated heterocycles. The molecule has 3 heterocycles. The van der Waals surface area contributed by atoms with Crippen molar-refractivity contribution in [3.8, 4) is 0 Å². The van der Waals surface area contributed by atoms with Crippen LogP contribution in [0.1, 0.15) is 10.4 Å². The lowest BCUT2D eigenvalue weighted by atomic mass is 10.1. The maximum Gasteiger partial charge on any atom is 0.185 e. The predicted octanol–water partition coefficient (Wildman–Crippen LogP) is 2.42. The predicted molar refractivity (Wildman–Crippen MR) is 100 cm³/mol. The highest BCUT2D eigenvalue weighted by molar-refractivity contribution is 7.15. The second-order valence-electron chi connectivity index (χ2n) is 6.63. The fraction of sp³-hybridized carbons (Fsp3) is 0.526. The number of aromatic nitrogens is 1. The molecule has 1 unspecified atom stereocenters. The molecule has 0 amide bonds. The van der Waals surface area contributed by atoms with Gasteiger partial charge in [0.1, 0.15) is 0 Å². The maximum atomic E-state index is 5.97. The highest BCUT2D eigenvalue weighted by atomic mass is 32.1. The van der Waals surface area contributed by atoms with Crippen LogP contribution in [0.15, 0.2) is 36.5 Å². The van der Waals surface area contributed by atoms with Crippen LogP contribution in [0.4, 0.5) is 5.13 Å². The van der Waals surface area contributed by atoms with Crippen molar-refractivity contribution < 1.29 is 9.47 Å². The van der Waals surface area contributed by atoms with Crippen LogP contribution in [-0.2, 0) is 22.4 Å². The van der Waals surface area contributed by atoms with Crippen molar-refractivity contribution in [2.75, 3.05) is 50.9 Å². The van der Waals surface area contributed by atoms with E-state index >= 15 is 0 Å². The Morgan fingerprint density at radius 2 is 1.92 bits per heavy atom. The summed E-state index contributed by atoms with van der Waals surface area (Å²) in [7, 11) is 0. The third-order valence-electron chi connectivity index (χ3n) is 4.73. The summed E-state index contributed by atoms with van der Waals surface area (Å²) in [5.74, 6) is 0. The molecule has 0 bridgehead atoms. The van der Waals surface area contributed by atoms with E-state index in [1.54, 1.807) is 0 Å². The van der Waals surface area contributed by atoms with Gasteiger partial charge in [0, 0.05) is 43.8 Å². The molecule has 0 spiro atoms. The summed E-state index contributed by atoms with van der Waals surface area (Å²) in [6.45, 7) is 7.27. The first kappa shape index (κ1) is 17.0. The van der Waals surface area contributed by atoms with Crippen molar-refractivity contribution in [2.45, 2.75) is 19.1 Å². The lowest BCUT2D eigenvalue weighted by Crippen LogP contribution is -2.42. The summed E-state index contributed by atoms with van der Waals surface area (Å²) in [4.78, 5) is 10.8. The molecule has 1 aromatic carbocycles. The van der Waals surface area contributed by atoms with Crippen LogP contribution < -0.4 is 4.90 Å². The molecule has 2 aliphatic heterocycles. The van der Waals surface area contributed by atoms with Crippen LogP contribution in [0.3, 0.4) is 0 Å². The number of hydrogen-bond acceptors (Lipinski definition) is 6. The van der Waals surface area contributed by atoms with Crippen molar-refractivity contribution in [3.63, 3.8) is 0 Å². The van der Waals surface area contributed by atoms with Gasteiger partial charge in [-0.1, -0.05) is 30.3 Å². The second-order valence-corrected chi connectivity index (χ2v) is 7.72. The molecule has 0 N–H and O–H groups in total. The van der Waals surface area contributed by atoms with Crippen LogP contribution in [0.25, 0.3) is 0 Å². The Balaban J connectivity index is 1.32. The Kier molecular flexibility index (Phi) is 5.62. The normalized spacial score (nSPS) is 22.2. The average molecular weight is 359 g/mol. The molecule has 2 fully saturated rings. The zero-order valence-electron chi connectivity index (χ0n) is 14.5. The zero-order valence-corrected chi connectivity index (χ0v) is 15.3. The molecule has 6 heteroatoms. The van der Waals surface area contributed by atoms with Gasteiger partial charge in [-0.05, 0) is 12.0 Å². The largest absolute Gasteiger partial charge is 0.378 e. The highest BCUT2D eigenvalue weighted by Crippen LogP contribution is 2.25. The number of anilines is 1. The topological polar surface area (TPSA) is 37.8 Å². The molecule has 1 aromatic heterocycles. The van der Waals surface area contributed by atoms with E-state index < -0.39 is 0 Å². The van der Waals surface area contributed by atoms with E-state index in [-0.39, 0.29) is 6.10 Å². The van der Waals surface area contributed by atoms with Crippen LogP contribution in [-0.4, -0.2) is 62.0 Å². The Labute approximate surface area is 153 Å². The molecule has 1 atom stereocenters. The molecular formula is C19H25N3O2S. The first-order valence-corrected chi connectivity index (χ1v) is 9.84. The van der Waals surface area contributed by atoms with Gasteiger partial charge in [0.2, 0.25) is 0 Å². The SMILES string of the molecule is c1ccc(CC2CN(Cc3cnc(N4CCOCC4)s3)CCO2)cc1. The Morgan fingerprint density at radius 1 is 1.08 bits per heavy atom. The Bertz CT molecular complexity index is 658. The van der Waals surface area contributed by atoms with Gasteiger partial charge in [-0.15, -0.1) is 11.3 Å². The van der Waals surface area contributed by atoms with Crippen molar-refractivity contribution in [2.24, 2.45) is 0 Å².